The first-order valence-electron chi connectivity index (χ1n) is 1.77. The summed E-state index contributed by atoms with van der Waals surface area (Å²) in [6.45, 7) is 0. The zero-order valence-electron chi connectivity index (χ0n) is 3.76. The number of aromatic nitrogens is 1. The third kappa shape index (κ3) is 10.8. The zero-order chi connectivity index (χ0) is 4.24. The average Bonchev–Trinajstić information content (AvgIpc) is 1.72. The molecule has 0 aliphatic carbocycles. The van der Waals surface area contributed by atoms with E-state index in [0.29, 0.717) is 0 Å². The smallest absolute Gasteiger partial charge is 0.0886 e. The summed E-state index contributed by atoms with van der Waals surface area (Å²) < 4.78 is 0. The Bertz CT molecular complexity index is 81.2. The van der Waals surface area contributed by atoms with Crippen molar-refractivity contribution in [3.05, 3.63) is 30.6 Å². The fraction of sp³-hybridized carbons (Fsp3) is 0.375. The molecule has 10 heavy (non-hydrogen) atoms. The quantitative estimate of drug-likeness (QED) is 0.639. The van der Waals surface area contributed by atoms with Gasteiger partial charge in [-0.25, -0.2) is 0 Å². The molecular formula is C8H16NSn. The Morgan fingerprint density at radius 1 is 1.00 bits per heavy atom. The second-order valence-corrected chi connectivity index (χ2v) is 0.959. The fourth-order valence-corrected chi connectivity index (χ4v) is 0.277. The molecule has 1 aromatic heterocycles. The molecule has 57 valence electrons. The summed E-state index contributed by atoms with van der Waals surface area (Å²) in [5.74, 6) is 0. The molecule has 0 atom stereocenters. The molecule has 0 aliphatic heterocycles. The summed E-state index contributed by atoms with van der Waals surface area (Å²) in [7, 11) is 0. The molecule has 0 saturated carbocycles. The van der Waals surface area contributed by atoms with Crippen molar-refractivity contribution in [3.8, 4) is 0 Å². The van der Waals surface area contributed by atoms with E-state index in [1.165, 1.54) is 0 Å². The van der Waals surface area contributed by atoms with Crippen LogP contribution >= 0.6 is 0 Å². The molecule has 1 aromatic rings. The largest absolute Gasteiger partial charge is 0.255 e. The van der Waals surface area contributed by atoms with Gasteiger partial charge in [0.15, 0.2) is 0 Å². The van der Waals surface area contributed by atoms with Gasteiger partial charge in [0.2, 0.25) is 0 Å². The van der Waals surface area contributed by atoms with Gasteiger partial charge in [-0.1, -0.05) is 28.3 Å². The van der Waals surface area contributed by atoms with Crippen LogP contribution in [-0.2, 0) is 0 Å². The molecule has 0 aliphatic rings. The van der Waals surface area contributed by atoms with Crippen LogP contribution in [0.3, 0.4) is 0 Å². The predicted molar refractivity (Wildman–Crippen MR) is 49.0 cm³/mol. The molecule has 1 rings (SSSR count). The van der Waals surface area contributed by atoms with Crippen LogP contribution in [0, 0.1) is 6.20 Å². The Morgan fingerprint density at radius 2 is 1.60 bits per heavy atom. The molecule has 0 bridgehead atoms. The number of pyridine rings is 1. The van der Waals surface area contributed by atoms with E-state index in [4.69, 9.17) is 0 Å². The Morgan fingerprint density at radius 3 is 1.70 bits per heavy atom. The van der Waals surface area contributed by atoms with Gasteiger partial charge in [-0.15, -0.1) is 0 Å². The van der Waals surface area contributed by atoms with Gasteiger partial charge < -0.3 is 0 Å². The van der Waals surface area contributed by atoms with Crippen molar-refractivity contribution in [3.63, 3.8) is 0 Å². The molecule has 5 radical (unpaired) electrons. The van der Waals surface area contributed by atoms with Crippen LogP contribution in [0.5, 0.6) is 0 Å². The first-order valence-corrected chi connectivity index (χ1v) is 1.77. The van der Waals surface area contributed by atoms with Crippen LogP contribution in [0.2, 0.25) is 0 Å². The minimum absolute atomic E-state index is 0. The molecule has 0 unspecified atom stereocenters. The Hall–Kier alpha value is -0.0513. The molecule has 1 heterocycles. The van der Waals surface area contributed by atoms with E-state index >= 15 is 0 Å². The average molecular weight is 245 g/mol. The van der Waals surface area contributed by atoms with Crippen LogP contribution in [0.4, 0.5) is 0 Å². The van der Waals surface area contributed by atoms with Crippen molar-refractivity contribution < 1.29 is 0 Å². The Kier molecular flexibility index (Phi) is 36.0. The number of hydrogen-bond donors (Lipinski definition) is 0. The van der Waals surface area contributed by atoms with Crippen LogP contribution in [0.1, 0.15) is 22.3 Å². The number of nitrogens with zero attached hydrogens (tertiary/aromatic N) is 1. The Labute approximate surface area is 81.8 Å². The van der Waals surface area contributed by atoms with E-state index in [2.05, 4.69) is 11.2 Å². The van der Waals surface area contributed by atoms with Crippen molar-refractivity contribution in [2.24, 2.45) is 0 Å². The molecule has 0 fully saturated rings. The molecule has 0 aromatic carbocycles. The van der Waals surface area contributed by atoms with Gasteiger partial charge in [0.25, 0.3) is 0 Å². The summed E-state index contributed by atoms with van der Waals surface area (Å²) in [5.41, 5.74) is 0. The maximum absolute atomic E-state index is 3.66. The van der Waals surface area contributed by atoms with Crippen LogP contribution < -0.4 is 0 Å². The van der Waals surface area contributed by atoms with E-state index in [9.17, 15) is 0 Å². The molecule has 2 heteroatoms. The van der Waals surface area contributed by atoms with Crippen molar-refractivity contribution in [2.75, 3.05) is 0 Å². The van der Waals surface area contributed by atoms with Crippen LogP contribution in [0.25, 0.3) is 0 Å². The van der Waals surface area contributed by atoms with Gasteiger partial charge in [0.1, 0.15) is 0 Å². The SMILES string of the molecule is C.C.C.[Sn].[c]1ccccn1. The maximum atomic E-state index is 3.66. The second-order valence-electron chi connectivity index (χ2n) is 0.959. The number of rotatable bonds is 0. The Balaban J connectivity index is -0.0000000450. The topological polar surface area (TPSA) is 12.9 Å². The standard InChI is InChI=1S/C5H4N.3CH4.Sn/c1-2-4-6-5-3-1;;;;/h1-4H;3*1H4;. The van der Waals surface area contributed by atoms with Gasteiger partial charge in [0, 0.05) is 30.1 Å². The summed E-state index contributed by atoms with van der Waals surface area (Å²) >= 11 is 0. The van der Waals surface area contributed by atoms with E-state index < -0.39 is 0 Å². The summed E-state index contributed by atoms with van der Waals surface area (Å²) in [6.07, 6.45) is 4.34. The minimum Gasteiger partial charge on any atom is -0.255 e. The molecule has 0 N–H and O–H groups in total. The van der Waals surface area contributed by atoms with E-state index in [1.807, 2.05) is 12.1 Å². The second kappa shape index (κ2) is 16.0. The van der Waals surface area contributed by atoms with Crippen LogP contribution in [-0.4, -0.2) is 28.9 Å². The molecule has 0 spiro atoms. The summed E-state index contributed by atoms with van der Waals surface area (Å²) in [5, 5.41) is 0. The van der Waals surface area contributed by atoms with Crippen molar-refractivity contribution in [2.45, 2.75) is 22.3 Å². The first-order chi connectivity index (χ1) is 3.00. The molecular weight excluding hydrogens is 229 g/mol. The van der Waals surface area contributed by atoms with Gasteiger partial charge in [-0.3, -0.25) is 4.98 Å². The zero-order valence-corrected chi connectivity index (χ0v) is 6.61. The summed E-state index contributed by atoms with van der Waals surface area (Å²) in [4.78, 5) is 3.66. The van der Waals surface area contributed by atoms with E-state index in [0.717, 1.165) is 0 Å². The third-order valence-electron chi connectivity index (χ3n) is 0.517. The summed E-state index contributed by atoms with van der Waals surface area (Å²) in [6, 6.07) is 5.50. The van der Waals surface area contributed by atoms with E-state index in [1.54, 1.807) is 12.3 Å². The first kappa shape index (κ1) is 22.5. The van der Waals surface area contributed by atoms with Crippen molar-refractivity contribution in [1.29, 1.82) is 0 Å². The van der Waals surface area contributed by atoms with Gasteiger partial charge in [-0.05, 0) is 12.1 Å². The maximum Gasteiger partial charge on any atom is 0.0886 e. The minimum atomic E-state index is 0. The van der Waals surface area contributed by atoms with Crippen LogP contribution in [0.15, 0.2) is 24.4 Å². The third-order valence-corrected chi connectivity index (χ3v) is 0.517. The molecule has 0 saturated heterocycles. The van der Waals surface area contributed by atoms with Crippen molar-refractivity contribution in [1.82, 2.24) is 4.98 Å². The van der Waals surface area contributed by atoms with Gasteiger partial charge in [-0.2, -0.15) is 0 Å². The molecule has 0 amide bonds. The fourth-order valence-electron chi connectivity index (χ4n) is 0.277. The van der Waals surface area contributed by atoms with Gasteiger partial charge in [0.05, 0.1) is 6.20 Å². The molecule has 1 nitrogen and oxygen atoms in total. The monoisotopic (exact) mass is 246 g/mol. The number of hydrogen-bond acceptors (Lipinski definition) is 1. The van der Waals surface area contributed by atoms with E-state index in [-0.39, 0.29) is 46.2 Å². The van der Waals surface area contributed by atoms with Gasteiger partial charge >= 0.3 is 0 Å². The normalized spacial score (nSPS) is 4.80. The predicted octanol–water partition coefficient (Wildman–Crippen LogP) is 2.41. The van der Waals surface area contributed by atoms with Crippen molar-refractivity contribution >= 4 is 23.9 Å².